The molecule has 13 heavy (non-hydrogen) atoms. The van der Waals surface area contributed by atoms with Gasteiger partial charge in [0.15, 0.2) is 0 Å². The van der Waals surface area contributed by atoms with E-state index in [4.69, 9.17) is 0 Å². The number of hydrogen-bond acceptors (Lipinski definition) is 1. The monoisotopic (exact) mass is 174 g/mol. The Morgan fingerprint density at radius 3 is 2.62 bits per heavy atom. The summed E-state index contributed by atoms with van der Waals surface area (Å²) in [6.07, 6.45) is 4.87. The molecule has 1 saturated carbocycles. The molecule has 1 fully saturated rings. The number of benzene rings is 1. The highest BCUT2D eigenvalue weighted by molar-refractivity contribution is 5.75. The van der Waals surface area contributed by atoms with Gasteiger partial charge in [-0.3, -0.25) is 4.79 Å². The molecule has 1 aromatic rings. The Morgan fingerprint density at radius 1 is 1.31 bits per heavy atom. The third-order valence-electron chi connectivity index (χ3n) is 2.83. The Balaban J connectivity index is 2.33. The predicted octanol–water partition coefficient (Wildman–Crippen LogP) is 3.08. The first-order valence-corrected chi connectivity index (χ1v) is 4.86. The molecular weight excluding hydrogens is 160 g/mol. The Hall–Kier alpha value is -1.11. The summed E-state index contributed by atoms with van der Waals surface area (Å²) in [6.45, 7) is 2.05. The fourth-order valence-corrected chi connectivity index (χ4v) is 1.89. The van der Waals surface area contributed by atoms with Crippen LogP contribution >= 0.6 is 0 Å². The van der Waals surface area contributed by atoms with Gasteiger partial charge in [-0.1, -0.05) is 18.1 Å². The lowest BCUT2D eigenvalue weighted by atomic mass is 9.79. The van der Waals surface area contributed by atoms with E-state index in [1.807, 2.05) is 12.1 Å². The predicted molar refractivity (Wildman–Crippen MR) is 53.2 cm³/mol. The van der Waals surface area contributed by atoms with Gasteiger partial charge < -0.3 is 0 Å². The van der Waals surface area contributed by atoms with E-state index in [9.17, 15) is 4.79 Å². The lowest BCUT2D eigenvalue weighted by molar-refractivity contribution is 0.112. The Labute approximate surface area is 78.8 Å². The SMILES string of the molecule is Cc1cc(C=O)cc(C2CCC2)c1. The third-order valence-corrected chi connectivity index (χ3v) is 2.83. The maximum absolute atomic E-state index is 10.6. The number of aryl methyl sites for hydroxylation is 1. The van der Waals surface area contributed by atoms with Crippen LogP contribution in [0.25, 0.3) is 0 Å². The van der Waals surface area contributed by atoms with Crippen molar-refractivity contribution < 1.29 is 4.79 Å². The van der Waals surface area contributed by atoms with Crippen LogP contribution in [0.3, 0.4) is 0 Å². The highest BCUT2D eigenvalue weighted by Gasteiger charge is 2.19. The number of aldehydes is 1. The molecule has 0 aromatic heterocycles. The van der Waals surface area contributed by atoms with Crippen molar-refractivity contribution in [1.29, 1.82) is 0 Å². The van der Waals surface area contributed by atoms with Crippen molar-refractivity contribution in [3.05, 3.63) is 34.9 Å². The van der Waals surface area contributed by atoms with Gasteiger partial charge in [-0.2, -0.15) is 0 Å². The van der Waals surface area contributed by atoms with Gasteiger partial charge in [0.25, 0.3) is 0 Å². The number of carbonyl (C=O) groups is 1. The van der Waals surface area contributed by atoms with Crippen LogP contribution in [-0.2, 0) is 0 Å². The van der Waals surface area contributed by atoms with E-state index < -0.39 is 0 Å². The van der Waals surface area contributed by atoms with Gasteiger partial charge in [0, 0.05) is 5.56 Å². The standard InChI is InChI=1S/C12H14O/c1-9-5-10(8-13)7-12(6-9)11-3-2-4-11/h5-8,11H,2-4H2,1H3. The molecule has 0 N–H and O–H groups in total. The molecule has 1 aliphatic rings. The molecule has 0 unspecified atom stereocenters. The van der Waals surface area contributed by atoms with Crippen LogP contribution < -0.4 is 0 Å². The Kier molecular flexibility index (Phi) is 2.17. The summed E-state index contributed by atoms with van der Waals surface area (Å²) in [7, 11) is 0. The zero-order valence-corrected chi connectivity index (χ0v) is 7.92. The molecule has 1 aliphatic carbocycles. The molecule has 1 nitrogen and oxygen atoms in total. The second kappa shape index (κ2) is 3.33. The highest BCUT2D eigenvalue weighted by atomic mass is 16.1. The summed E-state index contributed by atoms with van der Waals surface area (Å²) >= 11 is 0. The smallest absolute Gasteiger partial charge is 0.150 e. The molecule has 0 atom stereocenters. The van der Waals surface area contributed by atoms with Crippen LogP contribution in [0.1, 0.15) is 46.7 Å². The fraction of sp³-hybridized carbons (Fsp3) is 0.417. The van der Waals surface area contributed by atoms with Crippen LogP contribution in [0.4, 0.5) is 0 Å². The van der Waals surface area contributed by atoms with Crippen molar-refractivity contribution >= 4 is 6.29 Å². The average Bonchev–Trinajstić information content (AvgIpc) is 2.00. The molecule has 1 heteroatoms. The van der Waals surface area contributed by atoms with Crippen molar-refractivity contribution in [2.75, 3.05) is 0 Å². The quantitative estimate of drug-likeness (QED) is 0.630. The topological polar surface area (TPSA) is 17.1 Å². The summed E-state index contributed by atoms with van der Waals surface area (Å²) in [6, 6.07) is 6.18. The maximum Gasteiger partial charge on any atom is 0.150 e. The number of carbonyl (C=O) groups excluding carboxylic acids is 1. The van der Waals surface area contributed by atoms with Gasteiger partial charge in [-0.25, -0.2) is 0 Å². The molecule has 0 amide bonds. The molecule has 0 aliphatic heterocycles. The summed E-state index contributed by atoms with van der Waals surface area (Å²) in [5.41, 5.74) is 3.38. The Morgan fingerprint density at radius 2 is 2.08 bits per heavy atom. The second-order valence-electron chi connectivity index (χ2n) is 3.92. The van der Waals surface area contributed by atoms with E-state index in [1.165, 1.54) is 30.4 Å². The summed E-state index contributed by atoms with van der Waals surface area (Å²) in [5, 5.41) is 0. The first kappa shape index (κ1) is 8.49. The number of hydrogen-bond donors (Lipinski definition) is 0. The van der Waals surface area contributed by atoms with Crippen LogP contribution in [0.2, 0.25) is 0 Å². The first-order chi connectivity index (χ1) is 6.29. The third kappa shape index (κ3) is 1.64. The molecule has 2 rings (SSSR count). The van der Waals surface area contributed by atoms with E-state index in [-0.39, 0.29) is 0 Å². The van der Waals surface area contributed by atoms with Gasteiger partial charge in [-0.05, 0) is 43.4 Å². The van der Waals surface area contributed by atoms with Crippen LogP contribution in [0, 0.1) is 6.92 Å². The first-order valence-electron chi connectivity index (χ1n) is 4.86. The molecular formula is C12H14O. The van der Waals surface area contributed by atoms with Gasteiger partial charge in [0.2, 0.25) is 0 Å². The van der Waals surface area contributed by atoms with E-state index in [0.717, 1.165) is 17.8 Å². The largest absolute Gasteiger partial charge is 0.298 e. The fourth-order valence-electron chi connectivity index (χ4n) is 1.89. The van der Waals surface area contributed by atoms with Gasteiger partial charge >= 0.3 is 0 Å². The lowest BCUT2D eigenvalue weighted by Crippen LogP contribution is -2.09. The highest BCUT2D eigenvalue weighted by Crippen LogP contribution is 2.36. The van der Waals surface area contributed by atoms with E-state index in [2.05, 4.69) is 13.0 Å². The zero-order valence-electron chi connectivity index (χ0n) is 7.92. The van der Waals surface area contributed by atoms with Gasteiger partial charge in [0.05, 0.1) is 0 Å². The van der Waals surface area contributed by atoms with Crippen molar-refractivity contribution in [2.45, 2.75) is 32.1 Å². The lowest BCUT2D eigenvalue weighted by Gasteiger charge is -2.26. The Bertz CT molecular complexity index is 324. The van der Waals surface area contributed by atoms with E-state index in [0.29, 0.717) is 0 Å². The summed E-state index contributed by atoms with van der Waals surface area (Å²) in [4.78, 5) is 10.6. The van der Waals surface area contributed by atoms with Gasteiger partial charge in [-0.15, -0.1) is 0 Å². The van der Waals surface area contributed by atoms with Crippen LogP contribution in [0.5, 0.6) is 0 Å². The van der Waals surface area contributed by atoms with E-state index in [1.54, 1.807) is 0 Å². The molecule has 0 bridgehead atoms. The average molecular weight is 174 g/mol. The minimum Gasteiger partial charge on any atom is -0.298 e. The molecule has 68 valence electrons. The van der Waals surface area contributed by atoms with Crippen molar-refractivity contribution in [3.8, 4) is 0 Å². The molecule has 0 saturated heterocycles. The summed E-state index contributed by atoms with van der Waals surface area (Å²) < 4.78 is 0. The van der Waals surface area contributed by atoms with Crippen LogP contribution in [0.15, 0.2) is 18.2 Å². The second-order valence-corrected chi connectivity index (χ2v) is 3.92. The van der Waals surface area contributed by atoms with Gasteiger partial charge in [0.1, 0.15) is 6.29 Å². The summed E-state index contributed by atoms with van der Waals surface area (Å²) in [5.74, 6) is 0.721. The maximum atomic E-state index is 10.6. The molecule has 0 spiro atoms. The minimum absolute atomic E-state index is 0.721. The zero-order chi connectivity index (χ0) is 9.26. The molecule has 1 aromatic carbocycles. The van der Waals surface area contributed by atoms with Crippen molar-refractivity contribution in [1.82, 2.24) is 0 Å². The normalized spacial score (nSPS) is 16.7. The molecule has 0 radical (unpaired) electrons. The van der Waals surface area contributed by atoms with E-state index >= 15 is 0 Å². The van der Waals surface area contributed by atoms with Crippen molar-refractivity contribution in [3.63, 3.8) is 0 Å². The van der Waals surface area contributed by atoms with Crippen molar-refractivity contribution in [2.24, 2.45) is 0 Å². The minimum atomic E-state index is 0.721. The number of rotatable bonds is 2. The molecule has 0 heterocycles. The van der Waals surface area contributed by atoms with Crippen LogP contribution in [-0.4, -0.2) is 6.29 Å².